The van der Waals surface area contributed by atoms with Gasteiger partial charge in [0.15, 0.2) is 0 Å². The Morgan fingerprint density at radius 1 is 1.10 bits per heavy atom. The summed E-state index contributed by atoms with van der Waals surface area (Å²) in [6, 6.07) is 9.67. The highest BCUT2D eigenvalue weighted by Crippen LogP contribution is 2.27. The Kier molecular flexibility index (Phi) is 3.97. The summed E-state index contributed by atoms with van der Waals surface area (Å²) in [6.45, 7) is 0.570. The maximum Gasteiger partial charge on any atom is 0.126 e. The molecule has 0 unspecified atom stereocenters. The number of hydrogen-bond donors (Lipinski definition) is 3. The number of nitrogens with zero attached hydrogens (tertiary/aromatic N) is 1. The summed E-state index contributed by atoms with van der Waals surface area (Å²) in [7, 11) is 0. The molecule has 1 aromatic carbocycles. The Morgan fingerprint density at radius 3 is 2.62 bits per heavy atom. The number of rotatable bonds is 3. The highest BCUT2D eigenvalue weighted by Gasteiger charge is 2.27. The first-order valence-corrected chi connectivity index (χ1v) is 7.77. The van der Waals surface area contributed by atoms with E-state index in [1.807, 2.05) is 30.3 Å². The maximum atomic E-state index is 10.7. The lowest BCUT2D eigenvalue weighted by atomic mass is 9.94. The van der Waals surface area contributed by atoms with Gasteiger partial charge in [0, 0.05) is 17.6 Å². The van der Waals surface area contributed by atoms with E-state index >= 15 is 0 Å². The van der Waals surface area contributed by atoms with Gasteiger partial charge >= 0.3 is 0 Å². The van der Waals surface area contributed by atoms with Crippen molar-refractivity contribution in [1.29, 1.82) is 0 Å². The zero-order chi connectivity index (χ0) is 14.7. The van der Waals surface area contributed by atoms with E-state index in [0.29, 0.717) is 6.54 Å². The summed E-state index contributed by atoms with van der Waals surface area (Å²) in [5.41, 5.74) is 6.85. The lowest BCUT2D eigenvalue weighted by molar-refractivity contribution is 0.0380. The van der Waals surface area contributed by atoms with Crippen molar-refractivity contribution in [2.24, 2.45) is 0 Å². The van der Waals surface area contributed by atoms with Crippen molar-refractivity contribution in [2.45, 2.75) is 44.1 Å². The van der Waals surface area contributed by atoms with E-state index < -0.39 is 5.60 Å². The minimum absolute atomic E-state index is 0.570. The van der Waals surface area contributed by atoms with E-state index in [0.717, 1.165) is 48.1 Å². The van der Waals surface area contributed by atoms with Crippen LogP contribution in [0, 0.1) is 0 Å². The zero-order valence-electron chi connectivity index (χ0n) is 12.3. The van der Waals surface area contributed by atoms with Gasteiger partial charge in [-0.2, -0.15) is 0 Å². The summed E-state index contributed by atoms with van der Waals surface area (Å²) in [5, 5.41) is 15.0. The molecule has 0 aliphatic heterocycles. The molecule has 112 valence electrons. The third-order valence-corrected chi connectivity index (χ3v) is 4.35. The molecule has 0 spiro atoms. The molecule has 0 saturated heterocycles. The number of aromatic nitrogens is 1. The molecule has 1 aromatic heterocycles. The number of fused-ring (bicyclic) bond motifs is 1. The second-order valence-corrected chi connectivity index (χ2v) is 6.14. The summed E-state index contributed by atoms with van der Waals surface area (Å²) in [5.74, 6) is 0.810. The number of benzene rings is 1. The fourth-order valence-corrected chi connectivity index (χ4v) is 3.06. The molecule has 1 aliphatic rings. The molecule has 0 radical (unpaired) electrons. The topological polar surface area (TPSA) is 71.2 Å². The van der Waals surface area contributed by atoms with Gasteiger partial charge in [-0.3, -0.25) is 0 Å². The molecule has 1 fully saturated rings. The predicted molar refractivity (Wildman–Crippen MR) is 87.3 cm³/mol. The summed E-state index contributed by atoms with van der Waals surface area (Å²) >= 11 is 0. The van der Waals surface area contributed by atoms with Gasteiger partial charge in [0.2, 0.25) is 0 Å². The van der Waals surface area contributed by atoms with Gasteiger partial charge in [0.05, 0.1) is 11.1 Å². The molecular formula is C17H23N3O. The molecular weight excluding hydrogens is 262 g/mol. The van der Waals surface area contributed by atoms with E-state index in [1.54, 1.807) is 0 Å². The molecule has 4 heteroatoms. The fourth-order valence-electron chi connectivity index (χ4n) is 3.06. The fraction of sp³-hybridized carbons (Fsp3) is 0.471. The molecule has 1 heterocycles. The van der Waals surface area contributed by atoms with Gasteiger partial charge in [0.1, 0.15) is 5.82 Å². The van der Waals surface area contributed by atoms with Gasteiger partial charge in [-0.15, -0.1) is 0 Å². The number of nitrogens with one attached hydrogen (secondary N) is 1. The van der Waals surface area contributed by atoms with Crippen LogP contribution in [0.4, 0.5) is 11.5 Å². The van der Waals surface area contributed by atoms with Crippen LogP contribution in [0.1, 0.15) is 38.5 Å². The molecule has 1 saturated carbocycles. The van der Waals surface area contributed by atoms with E-state index in [1.165, 1.54) is 12.8 Å². The minimum atomic E-state index is -0.589. The lowest BCUT2D eigenvalue weighted by Crippen LogP contribution is -2.36. The second kappa shape index (κ2) is 5.90. The van der Waals surface area contributed by atoms with E-state index in [9.17, 15) is 5.11 Å². The lowest BCUT2D eigenvalue weighted by Gasteiger charge is -2.27. The van der Waals surface area contributed by atoms with Gasteiger partial charge < -0.3 is 16.2 Å². The van der Waals surface area contributed by atoms with Gasteiger partial charge in [0.25, 0.3) is 0 Å². The van der Waals surface area contributed by atoms with Crippen LogP contribution in [-0.2, 0) is 0 Å². The normalized spacial score (nSPS) is 18.3. The van der Waals surface area contributed by atoms with Gasteiger partial charge in [-0.25, -0.2) is 4.98 Å². The number of nitrogen functional groups attached to an aromatic ring is 1. The van der Waals surface area contributed by atoms with Gasteiger partial charge in [-0.1, -0.05) is 25.7 Å². The van der Waals surface area contributed by atoms with E-state index in [-0.39, 0.29) is 0 Å². The molecule has 1 aliphatic carbocycles. The molecule has 0 bridgehead atoms. The summed E-state index contributed by atoms with van der Waals surface area (Å²) in [6.07, 6.45) is 6.45. The Hall–Kier alpha value is -1.81. The van der Waals surface area contributed by atoms with Crippen LogP contribution in [0.25, 0.3) is 10.9 Å². The maximum absolute atomic E-state index is 10.7. The number of nitrogens with two attached hydrogens (primary N) is 1. The first kappa shape index (κ1) is 14.1. The first-order valence-electron chi connectivity index (χ1n) is 7.77. The Balaban J connectivity index is 1.71. The molecule has 0 amide bonds. The van der Waals surface area contributed by atoms with Crippen LogP contribution < -0.4 is 11.1 Å². The van der Waals surface area contributed by atoms with Crippen LogP contribution in [0.3, 0.4) is 0 Å². The largest absolute Gasteiger partial charge is 0.399 e. The molecule has 4 N–H and O–H groups in total. The third kappa shape index (κ3) is 3.45. The average molecular weight is 285 g/mol. The number of aliphatic hydroxyl groups is 1. The standard InChI is InChI=1S/C17H23N3O/c18-14-6-7-15-13(11-14)5-8-16(20-15)19-12-17(21)9-3-1-2-4-10-17/h5-8,11,21H,1-4,9-10,12,18H2,(H,19,20). The SMILES string of the molecule is Nc1ccc2nc(NCC3(O)CCCCCC3)ccc2c1. The van der Waals surface area contributed by atoms with Crippen molar-refractivity contribution >= 4 is 22.4 Å². The van der Waals surface area contributed by atoms with Crippen LogP contribution in [-0.4, -0.2) is 22.2 Å². The van der Waals surface area contributed by atoms with Crippen LogP contribution in [0.5, 0.6) is 0 Å². The van der Waals surface area contributed by atoms with Crippen LogP contribution in [0.2, 0.25) is 0 Å². The van der Waals surface area contributed by atoms with Crippen molar-refractivity contribution < 1.29 is 5.11 Å². The van der Waals surface area contributed by atoms with Crippen LogP contribution >= 0.6 is 0 Å². The third-order valence-electron chi connectivity index (χ3n) is 4.35. The van der Waals surface area contributed by atoms with Crippen molar-refractivity contribution in [3.63, 3.8) is 0 Å². The van der Waals surface area contributed by atoms with Crippen molar-refractivity contribution in [1.82, 2.24) is 4.98 Å². The van der Waals surface area contributed by atoms with E-state index in [2.05, 4.69) is 10.3 Å². The monoisotopic (exact) mass is 285 g/mol. The smallest absolute Gasteiger partial charge is 0.126 e. The molecule has 4 nitrogen and oxygen atoms in total. The van der Waals surface area contributed by atoms with E-state index in [4.69, 9.17) is 5.73 Å². The van der Waals surface area contributed by atoms with Crippen LogP contribution in [0.15, 0.2) is 30.3 Å². The van der Waals surface area contributed by atoms with Crippen molar-refractivity contribution in [2.75, 3.05) is 17.6 Å². The molecule has 2 aromatic rings. The molecule has 3 rings (SSSR count). The minimum Gasteiger partial charge on any atom is -0.399 e. The Labute approximate surface area is 125 Å². The molecule has 0 atom stereocenters. The summed E-state index contributed by atoms with van der Waals surface area (Å²) in [4.78, 5) is 4.58. The predicted octanol–water partition coefficient (Wildman–Crippen LogP) is 3.31. The average Bonchev–Trinajstić information content (AvgIpc) is 2.70. The first-order chi connectivity index (χ1) is 10.1. The Morgan fingerprint density at radius 2 is 1.86 bits per heavy atom. The van der Waals surface area contributed by atoms with Crippen molar-refractivity contribution in [3.8, 4) is 0 Å². The number of anilines is 2. The Bertz CT molecular complexity index is 618. The highest BCUT2D eigenvalue weighted by atomic mass is 16.3. The number of pyridine rings is 1. The second-order valence-electron chi connectivity index (χ2n) is 6.14. The van der Waals surface area contributed by atoms with Gasteiger partial charge in [-0.05, 0) is 43.2 Å². The molecule has 21 heavy (non-hydrogen) atoms. The zero-order valence-corrected chi connectivity index (χ0v) is 12.3. The van der Waals surface area contributed by atoms with Crippen molar-refractivity contribution in [3.05, 3.63) is 30.3 Å². The quantitative estimate of drug-likeness (QED) is 0.597. The summed E-state index contributed by atoms with van der Waals surface area (Å²) < 4.78 is 0. The number of hydrogen-bond acceptors (Lipinski definition) is 4. The highest BCUT2D eigenvalue weighted by molar-refractivity contribution is 5.83.